The smallest absolute Gasteiger partial charge is 0.224 e. The van der Waals surface area contributed by atoms with Crippen LogP contribution >= 0.6 is 0 Å². The molecule has 2 rings (SSSR count). The van der Waals surface area contributed by atoms with Crippen molar-refractivity contribution >= 4 is 5.91 Å². The lowest BCUT2D eigenvalue weighted by molar-refractivity contribution is -0.135. The third-order valence-corrected chi connectivity index (χ3v) is 3.59. The van der Waals surface area contributed by atoms with E-state index in [0.717, 1.165) is 5.56 Å². The summed E-state index contributed by atoms with van der Waals surface area (Å²) in [5, 5.41) is 12.2. The molecule has 1 unspecified atom stereocenters. The van der Waals surface area contributed by atoms with Crippen LogP contribution < -0.4 is 5.32 Å². The molecule has 1 N–H and O–H groups in total. The molecule has 0 bridgehead atoms. The summed E-state index contributed by atoms with van der Waals surface area (Å²) < 4.78 is 5.24. The second-order valence-corrected chi connectivity index (χ2v) is 5.02. The van der Waals surface area contributed by atoms with Gasteiger partial charge in [-0.2, -0.15) is 5.26 Å². The van der Waals surface area contributed by atoms with Crippen LogP contribution in [0.5, 0.6) is 0 Å². The molecule has 1 atom stereocenters. The van der Waals surface area contributed by atoms with E-state index in [4.69, 9.17) is 10.00 Å². The summed E-state index contributed by atoms with van der Waals surface area (Å²) in [6.07, 6.45) is 0.852. The summed E-state index contributed by atoms with van der Waals surface area (Å²) >= 11 is 0. The van der Waals surface area contributed by atoms with Gasteiger partial charge in [0.25, 0.3) is 0 Å². The van der Waals surface area contributed by atoms with E-state index < -0.39 is 0 Å². The normalized spacial score (nSPS) is 16.2. The molecule has 1 amide bonds. The van der Waals surface area contributed by atoms with E-state index in [1.165, 1.54) is 0 Å². The second kappa shape index (κ2) is 8.40. The van der Waals surface area contributed by atoms with Crippen LogP contribution in [0.3, 0.4) is 0 Å². The Morgan fingerprint density at radius 3 is 2.71 bits per heavy atom. The Bertz CT molecular complexity index is 478. The Morgan fingerprint density at radius 2 is 2.05 bits per heavy atom. The molecule has 112 valence electrons. The Morgan fingerprint density at radius 1 is 1.33 bits per heavy atom. The molecule has 0 aromatic heterocycles. The number of nitrogens with one attached hydrogen (secondary N) is 1. The first-order valence-electron chi connectivity index (χ1n) is 7.32. The van der Waals surface area contributed by atoms with Crippen LogP contribution in [-0.2, 0) is 9.53 Å². The van der Waals surface area contributed by atoms with Crippen LogP contribution in [0.2, 0.25) is 0 Å². The highest BCUT2D eigenvalue weighted by Crippen LogP contribution is 2.15. The standard InChI is InChI=1S/C16H21N3O2/c17-8-6-15(14-4-2-1-3-5-14)18-9-7-16(20)19-10-12-21-13-11-19/h1-5,15,18H,6-7,9-13H2. The van der Waals surface area contributed by atoms with Gasteiger partial charge in [0.1, 0.15) is 0 Å². The van der Waals surface area contributed by atoms with E-state index in [9.17, 15) is 4.79 Å². The fourth-order valence-corrected chi connectivity index (χ4v) is 2.41. The number of nitriles is 1. The maximum absolute atomic E-state index is 12.0. The lowest BCUT2D eigenvalue weighted by Crippen LogP contribution is -2.41. The number of morpholine rings is 1. The Hall–Kier alpha value is -1.90. The lowest BCUT2D eigenvalue weighted by atomic mass is 10.0. The number of hydrogen-bond acceptors (Lipinski definition) is 4. The maximum atomic E-state index is 12.0. The molecule has 5 heteroatoms. The number of hydrogen-bond donors (Lipinski definition) is 1. The van der Waals surface area contributed by atoms with Crippen molar-refractivity contribution in [3.05, 3.63) is 35.9 Å². The number of carbonyl (C=O) groups excluding carboxylic acids is 1. The highest BCUT2D eigenvalue weighted by Gasteiger charge is 2.17. The van der Waals surface area contributed by atoms with Crippen LogP contribution in [0.4, 0.5) is 0 Å². The highest BCUT2D eigenvalue weighted by molar-refractivity contribution is 5.76. The van der Waals surface area contributed by atoms with Crippen molar-refractivity contribution in [2.75, 3.05) is 32.8 Å². The van der Waals surface area contributed by atoms with Crippen molar-refractivity contribution in [1.82, 2.24) is 10.2 Å². The third-order valence-electron chi connectivity index (χ3n) is 3.59. The van der Waals surface area contributed by atoms with Gasteiger partial charge in [-0.3, -0.25) is 4.79 Å². The minimum absolute atomic E-state index is 0.0197. The van der Waals surface area contributed by atoms with Crippen molar-refractivity contribution in [3.8, 4) is 6.07 Å². The molecule has 5 nitrogen and oxygen atoms in total. The van der Waals surface area contributed by atoms with Crippen molar-refractivity contribution < 1.29 is 9.53 Å². The van der Waals surface area contributed by atoms with Gasteiger partial charge in [0.05, 0.1) is 25.7 Å². The van der Waals surface area contributed by atoms with E-state index in [1.54, 1.807) is 0 Å². The minimum atomic E-state index is -0.0197. The summed E-state index contributed by atoms with van der Waals surface area (Å²) in [6, 6.07) is 12.0. The van der Waals surface area contributed by atoms with Gasteiger partial charge >= 0.3 is 0 Å². The van der Waals surface area contributed by atoms with E-state index in [1.807, 2.05) is 35.2 Å². The molecule has 1 fully saturated rings. The van der Waals surface area contributed by atoms with Gasteiger partial charge in [0.2, 0.25) is 5.91 Å². The maximum Gasteiger partial charge on any atom is 0.224 e. The lowest BCUT2D eigenvalue weighted by Gasteiger charge is -2.27. The summed E-state index contributed by atoms with van der Waals surface area (Å²) in [5.41, 5.74) is 1.08. The fraction of sp³-hybridized carbons (Fsp3) is 0.500. The number of ether oxygens (including phenoxy) is 1. The molecule has 1 aliphatic heterocycles. The fourth-order valence-electron chi connectivity index (χ4n) is 2.41. The Kier molecular flexibility index (Phi) is 6.20. The first-order chi connectivity index (χ1) is 10.3. The Balaban J connectivity index is 1.79. The highest BCUT2D eigenvalue weighted by atomic mass is 16.5. The number of benzene rings is 1. The minimum Gasteiger partial charge on any atom is -0.378 e. The zero-order chi connectivity index (χ0) is 14.9. The predicted molar refractivity (Wildman–Crippen MR) is 79.4 cm³/mol. The molecule has 0 radical (unpaired) electrons. The van der Waals surface area contributed by atoms with E-state index in [2.05, 4.69) is 11.4 Å². The van der Waals surface area contributed by atoms with E-state index >= 15 is 0 Å². The molecule has 1 heterocycles. The van der Waals surface area contributed by atoms with E-state index in [0.29, 0.717) is 45.7 Å². The average molecular weight is 287 g/mol. The van der Waals surface area contributed by atoms with Gasteiger partial charge in [-0.25, -0.2) is 0 Å². The summed E-state index contributed by atoms with van der Waals surface area (Å²) in [7, 11) is 0. The van der Waals surface area contributed by atoms with Gasteiger partial charge in [-0.1, -0.05) is 30.3 Å². The van der Waals surface area contributed by atoms with Crippen LogP contribution in [0.25, 0.3) is 0 Å². The van der Waals surface area contributed by atoms with Crippen LogP contribution in [0, 0.1) is 11.3 Å². The number of carbonyl (C=O) groups is 1. The van der Waals surface area contributed by atoms with Crippen LogP contribution in [-0.4, -0.2) is 43.7 Å². The predicted octanol–water partition coefficient (Wildman–Crippen LogP) is 1.48. The van der Waals surface area contributed by atoms with Crippen LogP contribution in [0.1, 0.15) is 24.4 Å². The molecule has 0 aliphatic carbocycles. The van der Waals surface area contributed by atoms with Crippen molar-refractivity contribution in [1.29, 1.82) is 5.26 Å². The largest absolute Gasteiger partial charge is 0.378 e. The van der Waals surface area contributed by atoms with Gasteiger partial charge in [0.15, 0.2) is 0 Å². The molecule has 1 aliphatic rings. The van der Waals surface area contributed by atoms with Crippen molar-refractivity contribution in [3.63, 3.8) is 0 Å². The Labute approximate surface area is 125 Å². The molecule has 1 aromatic rings. The summed E-state index contributed by atoms with van der Waals surface area (Å²) in [4.78, 5) is 13.9. The van der Waals surface area contributed by atoms with Gasteiger partial charge in [-0.15, -0.1) is 0 Å². The molecular formula is C16H21N3O2. The summed E-state index contributed by atoms with van der Waals surface area (Å²) in [5.74, 6) is 0.148. The molecule has 0 spiro atoms. The van der Waals surface area contributed by atoms with Crippen molar-refractivity contribution in [2.24, 2.45) is 0 Å². The molecule has 0 saturated carbocycles. The first-order valence-corrected chi connectivity index (χ1v) is 7.32. The van der Waals surface area contributed by atoms with Crippen LogP contribution in [0.15, 0.2) is 30.3 Å². The molecule has 21 heavy (non-hydrogen) atoms. The number of nitrogens with zero attached hydrogens (tertiary/aromatic N) is 2. The number of amides is 1. The molecule has 1 saturated heterocycles. The van der Waals surface area contributed by atoms with Gasteiger partial charge in [-0.05, 0) is 5.56 Å². The summed E-state index contributed by atoms with van der Waals surface area (Å²) in [6.45, 7) is 3.19. The third kappa shape index (κ3) is 4.85. The van der Waals surface area contributed by atoms with E-state index in [-0.39, 0.29) is 11.9 Å². The zero-order valence-corrected chi connectivity index (χ0v) is 12.1. The topological polar surface area (TPSA) is 65.4 Å². The molecule has 1 aromatic carbocycles. The van der Waals surface area contributed by atoms with Crippen molar-refractivity contribution in [2.45, 2.75) is 18.9 Å². The second-order valence-electron chi connectivity index (χ2n) is 5.02. The zero-order valence-electron chi connectivity index (χ0n) is 12.1. The average Bonchev–Trinajstić information content (AvgIpc) is 2.55. The SMILES string of the molecule is N#CCC(NCCC(=O)N1CCOCC1)c1ccccc1. The first kappa shape index (κ1) is 15.5. The molecular weight excluding hydrogens is 266 g/mol. The van der Waals surface area contributed by atoms with Gasteiger partial charge in [0, 0.05) is 32.1 Å². The van der Waals surface area contributed by atoms with Gasteiger partial charge < -0.3 is 15.0 Å². The monoisotopic (exact) mass is 287 g/mol. The number of rotatable bonds is 6. The quantitative estimate of drug-likeness (QED) is 0.860.